The number of nitrogens with zero attached hydrogens (tertiary/aromatic N) is 1. The van der Waals surface area contributed by atoms with Crippen LogP contribution in [-0.4, -0.2) is 9.97 Å². The predicted octanol–water partition coefficient (Wildman–Crippen LogP) is 5.30. The van der Waals surface area contributed by atoms with E-state index in [0.717, 1.165) is 26.9 Å². The highest BCUT2D eigenvalue weighted by molar-refractivity contribution is 9.10. The molecular formula is C13H7BrCl2N2. The van der Waals surface area contributed by atoms with Crippen LogP contribution in [0.5, 0.6) is 0 Å². The third kappa shape index (κ3) is 2.26. The van der Waals surface area contributed by atoms with Crippen molar-refractivity contribution >= 4 is 50.2 Å². The summed E-state index contributed by atoms with van der Waals surface area (Å²) in [5, 5.41) is 1.19. The largest absolute Gasteiger partial charge is 0.338 e. The van der Waals surface area contributed by atoms with Crippen molar-refractivity contribution in [3.63, 3.8) is 0 Å². The minimum Gasteiger partial charge on any atom is -0.338 e. The molecule has 0 radical (unpaired) electrons. The first-order chi connectivity index (χ1) is 8.61. The molecule has 2 aromatic carbocycles. The molecule has 0 fully saturated rings. The molecule has 90 valence electrons. The number of rotatable bonds is 1. The van der Waals surface area contributed by atoms with E-state index in [0.29, 0.717) is 10.0 Å². The highest BCUT2D eigenvalue weighted by Gasteiger charge is 2.07. The van der Waals surface area contributed by atoms with E-state index in [1.807, 2.05) is 30.3 Å². The first-order valence-corrected chi connectivity index (χ1v) is 6.78. The molecule has 1 heterocycles. The fourth-order valence-corrected chi connectivity index (χ4v) is 2.70. The van der Waals surface area contributed by atoms with E-state index in [-0.39, 0.29) is 0 Å². The number of H-pyrrole nitrogens is 1. The molecule has 0 amide bonds. The van der Waals surface area contributed by atoms with Crippen molar-refractivity contribution < 1.29 is 0 Å². The summed E-state index contributed by atoms with van der Waals surface area (Å²) in [7, 11) is 0. The van der Waals surface area contributed by atoms with Gasteiger partial charge in [-0.1, -0.05) is 39.1 Å². The van der Waals surface area contributed by atoms with Crippen LogP contribution < -0.4 is 0 Å². The molecule has 18 heavy (non-hydrogen) atoms. The number of aromatic nitrogens is 2. The first kappa shape index (κ1) is 12.0. The number of aromatic amines is 1. The van der Waals surface area contributed by atoms with Gasteiger partial charge in [0.05, 0.1) is 11.0 Å². The Morgan fingerprint density at radius 1 is 1.00 bits per heavy atom. The van der Waals surface area contributed by atoms with Crippen molar-refractivity contribution in [3.05, 3.63) is 50.9 Å². The maximum absolute atomic E-state index is 5.99. The molecule has 0 saturated heterocycles. The maximum Gasteiger partial charge on any atom is 0.138 e. The van der Waals surface area contributed by atoms with E-state index in [1.54, 1.807) is 6.07 Å². The molecule has 5 heteroatoms. The fraction of sp³-hybridized carbons (Fsp3) is 0. The van der Waals surface area contributed by atoms with Crippen molar-refractivity contribution in [2.45, 2.75) is 0 Å². The SMILES string of the molecule is Clc1cc(Cl)cc(-c2nc3ccc(Br)cc3[nH]2)c1. The lowest BCUT2D eigenvalue weighted by atomic mass is 10.2. The number of hydrogen-bond acceptors (Lipinski definition) is 1. The standard InChI is InChI=1S/C13H7BrCl2N2/c14-8-1-2-11-12(5-8)18-13(17-11)7-3-9(15)6-10(16)4-7/h1-6H,(H,17,18). The van der Waals surface area contributed by atoms with Crippen molar-refractivity contribution in [2.75, 3.05) is 0 Å². The molecule has 0 aliphatic carbocycles. The Balaban J connectivity index is 2.19. The van der Waals surface area contributed by atoms with Gasteiger partial charge < -0.3 is 4.98 Å². The number of benzene rings is 2. The van der Waals surface area contributed by atoms with Crippen LogP contribution in [0, 0.1) is 0 Å². The van der Waals surface area contributed by atoms with Crippen LogP contribution in [-0.2, 0) is 0 Å². The number of halogens is 3. The van der Waals surface area contributed by atoms with E-state index < -0.39 is 0 Å². The molecule has 2 nitrogen and oxygen atoms in total. The van der Waals surface area contributed by atoms with Gasteiger partial charge in [-0.2, -0.15) is 0 Å². The number of hydrogen-bond donors (Lipinski definition) is 1. The normalized spacial score (nSPS) is 11.1. The fourth-order valence-electron chi connectivity index (χ4n) is 1.81. The summed E-state index contributed by atoms with van der Waals surface area (Å²) in [5.74, 6) is 0.757. The second kappa shape index (κ2) is 4.57. The number of fused-ring (bicyclic) bond motifs is 1. The van der Waals surface area contributed by atoms with Crippen LogP contribution in [0.15, 0.2) is 40.9 Å². The van der Waals surface area contributed by atoms with Gasteiger partial charge in [0.2, 0.25) is 0 Å². The van der Waals surface area contributed by atoms with Gasteiger partial charge in [-0.05, 0) is 36.4 Å². The predicted molar refractivity (Wildman–Crippen MR) is 79.2 cm³/mol. The molecule has 0 saturated carbocycles. The smallest absolute Gasteiger partial charge is 0.138 e. The van der Waals surface area contributed by atoms with Gasteiger partial charge >= 0.3 is 0 Å². The van der Waals surface area contributed by atoms with Crippen LogP contribution in [0.3, 0.4) is 0 Å². The second-order valence-corrected chi connectivity index (χ2v) is 5.69. The molecule has 3 aromatic rings. The van der Waals surface area contributed by atoms with Crippen LogP contribution >= 0.6 is 39.1 Å². The molecule has 3 rings (SSSR count). The third-order valence-corrected chi connectivity index (χ3v) is 3.51. The highest BCUT2D eigenvalue weighted by atomic mass is 79.9. The van der Waals surface area contributed by atoms with E-state index in [2.05, 4.69) is 25.9 Å². The molecule has 0 unspecified atom stereocenters. The Hall–Kier alpha value is -1.03. The van der Waals surface area contributed by atoms with E-state index in [1.165, 1.54) is 0 Å². The summed E-state index contributed by atoms with van der Waals surface area (Å²) in [4.78, 5) is 7.76. The zero-order valence-electron chi connectivity index (χ0n) is 9.05. The van der Waals surface area contributed by atoms with Crippen molar-refractivity contribution in [3.8, 4) is 11.4 Å². The molecular weight excluding hydrogens is 335 g/mol. The van der Waals surface area contributed by atoms with E-state index >= 15 is 0 Å². The lowest BCUT2D eigenvalue weighted by Crippen LogP contribution is -1.80. The second-order valence-electron chi connectivity index (χ2n) is 3.91. The van der Waals surface area contributed by atoms with Crippen LogP contribution in [0.25, 0.3) is 22.4 Å². The lowest BCUT2D eigenvalue weighted by molar-refractivity contribution is 1.34. The van der Waals surface area contributed by atoms with Crippen molar-refractivity contribution in [1.82, 2.24) is 9.97 Å². The quantitative estimate of drug-likeness (QED) is 0.639. The maximum atomic E-state index is 5.99. The van der Waals surface area contributed by atoms with Crippen LogP contribution in [0.1, 0.15) is 0 Å². The molecule has 0 aliphatic rings. The zero-order chi connectivity index (χ0) is 12.7. The van der Waals surface area contributed by atoms with Crippen molar-refractivity contribution in [2.24, 2.45) is 0 Å². The topological polar surface area (TPSA) is 28.7 Å². The van der Waals surface area contributed by atoms with Crippen LogP contribution in [0.4, 0.5) is 0 Å². The summed E-state index contributed by atoms with van der Waals surface area (Å²) in [5.41, 5.74) is 2.75. The minimum absolute atomic E-state index is 0.596. The average molecular weight is 342 g/mol. The van der Waals surface area contributed by atoms with Gasteiger partial charge in [0.25, 0.3) is 0 Å². The Kier molecular flexibility index (Phi) is 3.06. The molecule has 0 bridgehead atoms. The average Bonchev–Trinajstić information content (AvgIpc) is 2.70. The molecule has 0 atom stereocenters. The molecule has 0 aliphatic heterocycles. The van der Waals surface area contributed by atoms with Crippen LogP contribution in [0.2, 0.25) is 10.0 Å². The van der Waals surface area contributed by atoms with Gasteiger partial charge in [0, 0.05) is 20.1 Å². The van der Waals surface area contributed by atoms with E-state index in [9.17, 15) is 0 Å². The monoisotopic (exact) mass is 340 g/mol. The summed E-state index contributed by atoms with van der Waals surface area (Å²) in [6, 6.07) is 11.3. The lowest BCUT2D eigenvalue weighted by Gasteiger charge is -1.98. The van der Waals surface area contributed by atoms with Gasteiger partial charge in [0.15, 0.2) is 0 Å². The van der Waals surface area contributed by atoms with Gasteiger partial charge in [-0.25, -0.2) is 4.98 Å². The Labute approximate surface area is 122 Å². The summed E-state index contributed by atoms with van der Waals surface area (Å²) >= 11 is 15.4. The molecule has 1 N–H and O–H groups in total. The Bertz CT molecular complexity index is 717. The Morgan fingerprint density at radius 3 is 2.44 bits per heavy atom. The van der Waals surface area contributed by atoms with Gasteiger partial charge in [-0.15, -0.1) is 0 Å². The van der Waals surface area contributed by atoms with Gasteiger partial charge in [-0.3, -0.25) is 0 Å². The number of nitrogens with one attached hydrogen (secondary N) is 1. The van der Waals surface area contributed by atoms with Gasteiger partial charge in [0.1, 0.15) is 5.82 Å². The van der Waals surface area contributed by atoms with E-state index in [4.69, 9.17) is 23.2 Å². The highest BCUT2D eigenvalue weighted by Crippen LogP contribution is 2.27. The number of imidazole rings is 1. The van der Waals surface area contributed by atoms with Crippen molar-refractivity contribution in [1.29, 1.82) is 0 Å². The Morgan fingerprint density at radius 2 is 1.72 bits per heavy atom. The summed E-state index contributed by atoms with van der Waals surface area (Å²) < 4.78 is 1.01. The molecule has 1 aromatic heterocycles. The summed E-state index contributed by atoms with van der Waals surface area (Å²) in [6.45, 7) is 0. The first-order valence-electron chi connectivity index (χ1n) is 5.23. The third-order valence-electron chi connectivity index (χ3n) is 2.58. The molecule has 0 spiro atoms. The zero-order valence-corrected chi connectivity index (χ0v) is 12.1. The summed E-state index contributed by atoms with van der Waals surface area (Å²) in [6.07, 6.45) is 0. The minimum atomic E-state index is 0.596.